The van der Waals surface area contributed by atoms with Crippen molar-refractivity contribution < 1.29 is 27.8 Å². The van der Waals surface area contributed by atoms with Crippen LogP contribution in [0.1, 0.15) is 32.6 Å². The van der Waals surface area contributed by atoms with Crippen molar-refractivity contribution in [2.75, 3.05) is 7.05 Å². The lowest BCUT2D eigenvalue weighted by Gasteiger charge is -2.10. The first kappa shape index (κ1) is 21.1. The Morgan fingerprint density at radius 1 is 1.21 bits per heavy atom. The fourth-order valence-electron chi connectivity index (χ4n) is 2.72. The molecule has 2 aromatic rings. The molecule has 0 unspecified atom stereocenters. The summed E-state index contributed by atoms with van der Waals surface area (Å²) in [6, 6.07) is 7.23. The molecule has 0 bridgehead atoms. The minimum Gasteiger partial charge on any atom is -0.402 e. The van der Waals surface area contributed by atoms with Gasteiger partial charge in [0.15, 0.2) is 0 Å². The second kappa shape index (κ2) is 8.24. The number of carbonyl (C=O) groups is 1. The van der Waals surface area contributed by atoms with E-state index in [0.29, 0.717) is 22.8 Å². The molecule has 148 valence electrons. The lowest BCUT2D eigenvalue weighted by Crippen LogP contribution is -2.39. The van der Waals surface area contributed by atoms with Crippen molar-refractivity contribution in [3.8, 4) is 0 Å². The highest BCUT2D eigenvalue weighted by atomic mass is 19.4. The van der Waals surface area contributed by atoms with Gasteiger partial charge in [0.05, 0.1) is 5.56 Å². The maximum absolute atomic E-state index is 13.5. The molecule has 0 aliphatic carbocycles. The van der Waals surface area contributed by atoms with Gasteiger partial charge in [0.25, 0.3) is 5.91 Å². The molecule has 0 fully saturated rings. The SMILES string of the molecule is CNC(=O)c1ccc(C(=[NH2+])C=C(N)Cc2cc(F)cc(C(F)(F)F)c2)cc1C. The van der Waals surface area contributed by atoms with Crippen molar-refractivity contribution >= 4 is 11.6 Å². The molecule has 2 rings (SSSR count). The monoisotopic (exact) mass is 394 g/mol. The average molecular weight is 394 g/mol. The third kappa shape index (κ3) is 5.18. The normalized spacial score (nSPS) is 12.0. The summed E-state index contributed by atoms with van der Waals surface area (Å²) in [6.45, 7) is 1.75. The summed E-state index contributed by atoms with van der Waals surface area (Å²) in [6.07, 6.45) is -3.34. The van der Waals surface area contributed by atoms with Gasteiger partial charge in [-0.3, -0.25) is 10.2 Å². The molecular formula is C20H20F4N3O+. The Bertz CT molecular complexity index is 949. The molecular weight excluding hydrogens is 374 g/mol. The Kier molecular flexibility index (Phi) is 6.23. The largest absolute Gasteiger partial charge is 0.416 e. The Morgan fingerprint density at radius 3 is 2.46 bits per heavy atom. The van der Waals surface area contributed by atoms with Gasteiger partial charge in [-0.15, -0.1) is 0 Å². The van der Waals surface area contributed by atoms with E-state index in [-0.39, 0.29) is 29.3 Å². The van der Waals surface area contributed by atoms with Crippen LogP contribution in [-0.4, -0.2) is 18.7 Å². The second-order valence-electron chi connectivity index (χ2n) is 6.31. The zero-order valence-electron chi connectivity index (χ0n) is 15.3. The number of halogens is 4. The highest BCUT2D eigenvalue weighted by Crippen LogP contribution is 2.30. The highest BCUT2D eigenvalue weighted by Gasteiger charge is 2.31. The summed E-state index contributed by atoms with van der Waals surface area (Å²) < 4.78 is 51.9. The van der Waals surface area contributed by atoms with Gasteiger partial charge in [-0.05, 0) is 54.4 Å². The van der Waals surface area contributed by atoms with Gasteiger partial charge in [-0.1, -0.05) is 0 Å². The van der Waals surface area contributed by atoms with Crippen LogP contribution < -0.4 is 16.5 Å². The van der Waals surface area contributed by atoms with Gasteiger partial charge in [0.2, 0.25) is 5.71 Å². The van der Waals surface area contributed by atoms with Crippen LogP contribution in [0.3, 0.4) is 0 Å². The summed E-state index contributed by atoms with van der Waals surface area (Å²) in [7, 11) is 1.52. The topological polar surface area (TPSA) is 80.7 Å². The van der Waals surface area contributed by atoms with Gasteiger partial charge in [0, 0.05) is 36.4 Å². The number of aryl methyl sites for hydroxylation is 1. The summed E-state index contributed by atoms with van der Waals surface area (Å²) >= 11 is 0. The number of nitrogens with two attached hydrogens (primary N) is 2. The average Bonchev–Trinajstić information content (AvgIpc) is 2.59. The number of rotatable bonds is 5. The molecule has 28 heavy (non-hydrogen) atoms. The molecule has 8 heteroatoms. The number of carbonyl (C=O) groups excluding carboxylic acids is 1. The van der Waals surface area contributed by atoms with E-state index in [4.69, 9.17) is 11.1 Å². The Morgan fingerprint density at radius 2 is 1.89 bits per heavy atom. The fourth-order valence-corrected chi connectivity index (χ4v) is 2.72. The minimum atomic E-state index is -4.65. The first-order valence-electron chi connectivity index (χ1n) is 8.29. The molecule has 2 aromatic carbocycles. The molecule has 0 radical (unpaired) electrons. The summed E-state index contributed by atoms with van der Waals surface area (Å²) in [4.78, 5) is 11.7. The van der Waals surface area contributed by atoms with Crippen LogP contribution >= 0.6 is 0 Å². The third-order valence-corrected chi connectivity index (χ3v) is 4.07. The lowest BCUT2D eigenvalue weighted by molar-refractivity contribution is -0.137. The molecule has 0 saturated heterocycles. The standard InChI is InChI=1S/C20H19F4N3O/c1-11-5-13(3-4-17(11)19(28)27-2)18(26)10-16(25)8-12-6-14(20(22,23)24)9-15(21)7-12/h3-7,9-10,26H,8,25H2,1-2H3,(H,27,28)/p+1. The summed E-state index contributed by atoms with van der Waals surface area (Å²) in [5, 5.41) is 8.54. The molecule has 0 saturated carbocycles. The van der Waals surface area contributed by atoms with Crippen molar-refractivity contribution in [1.82, 2.24) is 5.32 Å². The first-order chi connectivity index (χ1) is 13.0. The Balaban J connectivity index is 2.22. The van der Waals surface area contributed by atoms with E-state index in [1.807, 2.05) is 0 Å². The Labute approximate surface area is 159 Å². The highest BCUT2D eigenvalue weighted by molar-refractivity contribution is 6.05. The first-order valence-corrected chi connectivity index (χ1v) is 8.29. The van der Waals surface area contributed by atoms with E-state index in [0.717, 1.165) is 12.1 Å². The molecule has 0 aliphatic heterocycles. The van der Waals surface area contributed by atoms with E-state index >= 15 is 0 Å². The van der Waals surface area contributed by atoms with Crippen LogP contribution in [0.2, 0.25) is 0 Å². The molecule has 0 spiro atoms. The zero-order valence-corrected chi connectivity index (χ0v) is 15.3. The molecule has 0 aromatic heterocycles. The van der Waals surface area contributed by atoms with Crippen LogP contribution in [0.5, 0.6) is 0 Å². The van der Waals surface area contributed by atoms with Crippen LogP contribution in [0.4, 0.5) is 17.6 Å². The number of hydrogen-bond acceptors (Lipinski definition) is 2. The number of allylic oxidation sites excluding steroid dienone is 2. The molecule has 0 atom stereocenters. The molecule has 4 nitrogen and oxygen atoms in total. The van der Waals surface area contributed by atoms with Crippen molar-refractivity contribution in [2.24, 2.45) is 5.73 Å². The van der Waals surface area contributed by atoms with Crippen LogP contribution in [0.15, 0.2) is 48.2 Å². The molecule has 5 N–H and O–H groups in total. The maximum atomic E-state index is 13.5. The van der Waals surface area contributed by atoms with Crippen molar-refractivity contribution in [1.29, 1.82) is 0 Å². The quantitative estimate of drug-likeness (QED) is 0.537. The van der Waals surface area contributed by atoms with Gasteiger partial charge in [0.1, 0.15) is 5.82 Å². The lowest BCUT2D eigenvalue weighted by atomic mass is 10.00. The molecule has 1 amide bonds. The van der Waals surface area contributed by atoms with Crippen molar-refractivity contribution in [3.05, 3.63) is 81.8 Å². The number of hydrogen-bond donors (Lipinski definition) is 3. The van der Waals surface area contributed by atoms with E-state index in [1.54, 1.807) is 25.1 Å². The summed E-state index contributed by atoms with van der Waals surface area (Å²) in [5.41, 5.74) is 7.13. The van der Waals surface area contributed by atoms with Gasteiger partial charge < -0.3 is 11.1 Å². The van der Waals surface area contributed by atoms with E-state index in [9.17, 15) is 22.4 Å². The minimum absolute atomic E-state index is 0.0834. The van der Waals surface area contributed by atoms with Gasteiger partial charge >= 0.3 is 6.18 Å². The summed E-state index contributed by atoms with van der Waals surface area (Å²) in [5.74, 6) is -1.22. The maximum Gasteiger partial charge on any atom is 0.416 e. The molecule has 0 aliphatic rings. The Hall–Kier alpha value is -3.16. The van der Waals surface area contributed by atoms with E-state index in [1.165, 1.54) is 13.1 Å². The smallest absolute Gasteiger partial charge is 0.402 e. The van der Waals surface area contributed by atoms with E-state index in [2.05, 4.69) is 5.32 Å². The van der Waals surface area contributed by atoms with Crippen LogP contribution in [-0.2, 0) is 12.6 Å². The molecule has 0 heterocycles. The van der Waals surface area contributed by atoms with Crippen molar-refractivity contribution in [2.45, 2.75) is 19.5 Å². The zero-order chi connectivity index (χ0) is 21.1. The fraction of sp³-hybridized carbons (Fsp3) is 0.200. The van der Waals surface area contributed by atoms with Gasteiger partial charge in [-0.25, -0.2) is 4.39 Å². The van der Waals surface area contributed by atoms with Crippen LogP contribution in [0.25, 0.3) is 0 Å². The second-order valence-corrected chi connectivity index (χ2v) is 6.31. The predicted octanol–water partition coefficient (Wildman–Crippen LogP) is 2.15. The number of alkyl halides is 3. The van der Waals surface area contributed by atoms with Crippen LogP contribution in [0, 0.1) is 12.7 Å². The number of amides is 1. The third-order valence-electron chi connectivity index (χ3n) is 4.07. The predicted molar refractivity (Wildman–Crippen MR) is 98.0 cm³/mol. The van der Waals surface area contributed by atoms with E-state index < -0.39 is 17.6 Å². The number of nitrogens with one attached hydrogen (secondary N) is 1. The van der Waals surface area contributed by atoms with Crippen molar-refractivity contribution in [3.63, 3.8) is 0 Å². The van der Waals surface area contributed by atoms with Gasteiger partial charge in [-0.2, -0.15) is 13.2 Å². The number of benzene rings is 2.